The van der Waals surface area contributed by atoms with Crippen LogP contribution in [-0.2, 0) is 32.2 Å². The van der Waals surface area contributed by atoms with E-state index >= 15 is 0 Å². The summed E-state index contributed by atoms with van der Waals surface area (Å²) in [7, 11) is 0. The predicted octanol–water partition coefficient (Wildman–Crippen LogP) is 11.5. The van der Waals surface area contributed by atoms with E-state index in [9.17, 15) is 14.7 Å². The first-order valence-corrected chi connectivity index (χ1v) is 22.3. The number of carboxylic acids is 1. The number of hydrogen-bond acceptors (Lipinski definition) is 6. The predicted molar refractivity (Wildman–Crippen MR) is 231 cm³/mol. The minimum absolute atomic E-state index is 0.0179. The van der Waals surface area contributed by atoms with Crippen LogP contribution in [0.2, 0.25) is 0 Å². The van der Waals surface area contributed by atoms with E-state index in [1.54, 1.807) is 0 Å². The van der Waals surface area contributed by atoms with E-state index < -0.39 is 12.3 Å². The van der Waals surface area contributed by atoms with Crippen molar-refractivity contribution in [1.82, 2.24) is 10.2 Å². The molecule has 1 amide bonds. The Morgan fingerprint density at radius 3 is 1.89 bits per heavy atom. The second-order valence-electron chi connectivity index (χ2n) is 16.1. The number of ether oxygens (including phenoxy) is 2. The molecule has 314 valence electrons. The second kappa shape index (κ2) is 27.2. The van der Waals surface area contributed by atoms with E-state index in [-0.39, 0.29) is 31.1 Å². The van der Waals surface area contributed by atoms with Crippen molar-refractivity contribution in [1.29, 1.82) is 0 Å². The number of aliphatic carboxylic acids is 1. The third kappa shape index (κ3) is 17.9. The third-order valence-electron chi connectivity index (χ3n) is 11.2. The summed E-state index contributed by atoms with van der Waals surface area (Å²) >= 11 is 0. The van der Waals surface area contributed by atoms with E-state index in [4.69, 9.17) is 14.6 Å². The number of aliphatic hydroxyl groups excluding tert-OH is 1. The van der Waals surface area contributed by atoms with Crippen LogP contribution in [0.25, 0.3) is 11.1 Å². The summed E-state index contributed by atoms with van der Waals surface area (Å²) in [5.74, 6) is -0.749. The highest BCUT2D eigenvalue weighted by Gasteiger charge is 2.33. The number of benzene rings is 3. The van der Waals surface area contributed by atoms with Gasteiger partial charge in [-0.15, -0.1) is 0 Å². The molecule has 0 bridgehead atoms. The molecule has 1 aliphatic rings. The van der Waals surface area contributed by atoms with E-state index in [1.807, 2.05) is 24.3 Å². The lowest BCUT2D eigenvalue weighted by Crippen LogP contribution is -2.40. The number of unbranched alkanes of at least 4 members (excludes halogenated alkanes) is 13. The molecule has 1 fully saturated rings. The Labute approximate surface area is 343 Å². The van der Waals surface area contributed by atoms with Gasteiger partial charge in [-0.05, 0) is 72.7 Å². The van der Waals surface area contributed by atoms with Crippen LogP contribution in [0, 0.1) is 0 Å². The molecule has 3 aromatic carbocycles. The van der Waals surface area contributed by atoms with Crippen LogP contribution in [0.4, 0.5) is 0 Å². The Balaban J connectivity index is 1.40. The summed E-state index contributed by atoms with van der Waals surface area (Å²) in [6, 6.07) is 24.9. The standard InChI is InChI=1S/C49H72N2O6/c1-3-5-7-9-13-17-32-51(33-18-14-10-8-6-4-2)37-45-35-46(42-26-24-39(38-52)25-27-42)57-49(56-45)43-30-28-41(29-31-43)44-21-19-20-40(34-44)36-50-47(53)22-15-11-12-16-23-48(54)55/h19-21,24-31,34,45-46,49,52H,3-18,22-23,32-33,35-38H2,1-2H3,(H,50,53)(H,54,55). The maximum absolute atomic E-state index is 12.5. The van der Waals surface area contributed by atoms with Crippen LogP contribution < -0.4 is 5.32 Å². The summed E-state index contributed by atoms with van der Waals surface area (Å²) < 4.78 is 13.6. The zero-order valence-electron chi connectivity index (χ0n) is 35.1. The van der Waals surface area contributed by atoms with Gasteiger partial charge in [0.25, 0.3) is 0 Å². The molecule has 3 atom stereocenters. The minimum atomic E-state index is -0.766. The van der Waals surface area contributed by atoms with Crippen LogP contribution >= 0.6 is 0 Å². The highest BCUT2D eigenvalue weighted by atomic mass is 16.7. The van der Waals surface area contributed by atoms with Crippen molar-refractivity contribution in [3.63, 3.8) is 0 Å². The number of nitrogens with one attached hydrogen (secondary N) is 1. The Morgan fingerprint density at radius 1 is 0.667 bits per heavy atom. The zero-order chi connectivity index (χ0) is 40.5. The Kier molecular flexibility index (Phi) is 22.0. The quantitative estimate of drug-likeness (QED) is 0.0602. The average Bonchev–Trinajstić information content (AvgIpc) is 3.23. The van der Waals surface area contributed by atoms with Crippen molar-refractivity contribution in [3.05, 3.63) is 95.1 Å². The van der Waals surface area contributed by atoms with Crippen molar-refractivity contribution in [3.8, 4) is 11.1 Å². The highest BCUT2D eigenvalue weighted by molar-refractivity contribution is 5.76. The van der Waals surface area contributed by atoms with Crippen LogP contribution in [0.3, 0.4) is 0 Å². The fourth-order valence-electron chi connectivity index (χ4n) is 7.74. The van der Waals surface area contributed by atoms with Gasteiger partial charge in [0.05, 0.1) is 18.8 Å². The van der Waals surface area contributed by atoms with E-state index in [0.29, 0.717) is 19.4 Å². The number of carbonyl (C=O) groups excluding carboxylic acids is 1. The van der Waals surface area contributed by atoms with Gasteiger partial charge in [0.2, 0.25) is 5.91 Å². The van der Waals surface area contributed by atoms with Crippen LogP contribution in [0.1, 0.15) is 170 Å². The smallest absolute Gasteiger partial charge is 0.303 e. The molecular weight excluding hydrogens is 713 g/mol. The fraction of sp³-hybridized carbons (Fsp3) is 0.592. The summed E-state index contributed by atoms with van der Waals surface area (Å²) in [4.78, 5) is 25.8. The van der Waals surface area contributed by atoms with Gasteiger partial charge in [0, 0.05) is 37.9 Å². The lowest BCUT2D eigenvalue weighted by Gasteiger charge is -2.38. The molecule has 8 nitrogen and oxygen atoms in total. The van der Waals surface area contributed by atoms with Crippen molar-refractivity contribution in [2.45, 2.75) is 167 Å². The SMILES string of the molecule is CCCCCCCCN(CCCCCCCC)CC1CC(c2ccc(CO)cc2)OC(c2ccc(-c3cccc(CNC(=O)CCCCCCC(=O)O)c3)cc2)O1. The van der Waals surface area contributed by atoms with E-state index in [1.165, 1.54) is 77.0 Å². The maximum Gasteiger partial charge on any atom is 0.303 e. The third-order valence-corrected chi connectivity index (χ3v) is 11.2. The number of carboxylic acid groups (broad SMARTS) is 1. The lowest BCUT2D eigenvalue weighted by molar-refractivity contribution is -0.253. The van der Waals surface area contributed by atoms with Gasteiger partial charge < -0.3 is 29.9 Å². The fourth-order valence-corrected chi connectivity index (χ4v) is 7.74. The summed E-state index contributed by atoms with van der Waals surface area (Å²) in [6.07, 6.45) is 19.5. The van der Waals surface area contributed by atoms with E-state index in [0.717, 1.165) is 78.7 Å². The highest BCUT2D eigenvalue weighted by Crippen LogP contribution is 2.39. The molecule has 3 N–H and O–H groups in total. The second-order valence-corrected chi connectivity index (χ2v) is 16.1. The Bertz CT molecular complexity index is 1530. The molecule has 1 aliphatic heterocycles. The maximum atomic E-state index is 12.5. The molecule has 0 aromatic heterocycles. The number of carbonyl (C=O) groups is 2. The number of aliphatic hydroxyl groups is 1. The van der Waals surface area contributed by atoms with Crippen molar-refractivity contribution >= 4 is 11.9 Å². The monoisotopic (exact) mass is 785 g/mol. The number of amides is 1. The summed E-state index contributed by atoms with van der Waals surface area (Å²) in [6.45, 7) is 8.14. The van der Waals surface area contributed by atoms with E-state index in [2.05, 4.69) is 72.6 Å². The van der Waals surface area contributed by atoms with Crippen molar-refractivity contribution in [2.75, 3.05) is 19.6 Å². The Morgan fingerprint density at radius 2 is 1.26 bits per heavy atom. The first-order chi connectivity index (χ1) is 27.9. The van der Waals surface area contributed by atoms with Gasteiger partial charge in [-0.25, -0.2) is 0 Å². The van der Waals surface area contributed by atoms with Gasteiger partial charge >= 0.3 is 5.97 Å². The van der Waals surface area contributed by atoms with Gasteiger partial charge in [-0.3, -0.25) is 9.59 Å². The van der Waals surface area contributed by atoms with Gasteiger partial charge in [-0.2, -0.15) is 0 Å². The topological polar surface area (TPSA) is 108 Å². The minimum Gasteiger partial charge on any atom is -0.481 e. The molecule has 57 heavy (non-hydrogen) atoms. The molecule has 3 unspecified atom stereocenters. The summed E-state index contributed by atoms with van der Waals surface area (Å²) in [5, 5.41) is 21.5. The molecule has 3 aromatic rings. The number of nitrogens with zero attached hydrogens (tertiary/aromatic N) is 1. The first-order valence-electron chi connectivity index (χ1n) is 22.3. The Hall–Kier alpha value is -3.56. The molecule has 0 radical (unpaired) electrons. The van der Waals surface area contributed by atoms with Crippen LogP contribution in [-0.4, -0.2) is 52.7 Å². The van der Waals surface area contributed by atoms with Gasteiger partial charge in [0.15, 0.2) is 6.29 Å². The van der Waals surface area contributed by atoms with Crippen molar-refractivity contribution in [2.24, 2.45) is 0 Å². The zero-order valence-corrected chi connectivity index (χ0v) is 35.1. The molecule has 0 saturated carbocycles. The first kappa shape index (κ1) is 46.1. The normalized spacial score (nSPS) is 16.9. The lowest BCUT2D eigenvalue weighted by atomic mass is 9.98. The van der Waals surface area contributed by atoms with Gasteiger partial charge in [0.1, 0.15) is 0 Å². The number of hydrogen-bond donors (Lipinski definition) is 3. The van der Waals surface area contributed by atoms with Gasteiger partial charge in [-0.1, -0.05) is 158 Å². The average molecular weight is 785 g/mol. The van der Waals surface area contributed by atoms with Crippen LogP contribution in [0.15, 0.2) is 72.8 Å². The molecule has 0 aliphatic carbocycles. The molecule has 1 heterocycles. The molecule has 1 saturated heterocycles. The molecule has 4 rings (SSSR count). The molecular formula is C49H72N2O6. The largest absolute Gasteiger partial charge is 0.481 e. The number of rotatable bonds is 29. The van der Waals surface area contributed by atoms with Crippen molar-refractivity contribution < 1.29 is 29.3 Å². The van der Waals surface area contributed by atoms with Crippen LogP contribution in [0.5, 0.6) is 0 Å². The summed E-state index contributed by atoms with van der Waals surface area (Å²) in [5.41, 5.74) is 6.20. The molecule has 0 spiro atoms. The molecule has 8 heteroatoms.